The van der Waals surface area contributed by atoms with Crippen LogP contribution in [0.2, 0.25) is 5.02 Å². The maximum atomic E-state index is 11.8. The number of non-ortho nitro benzene ring substituents is 1. The van der Waals surface area contributed by atoms with Crippen molar-refractivity contribution in [1.29, 1.82) is 0 Å². The number of halogens is 1. The van der Waals surface area contributed by atoms with E-state index in [0.717, 1.165) is 17.2 Å². The molecule has 0 atom stereocenters. The van der Waals surface area contributed by atoms with Crippen LogP contribution in [-0.2, 0) is 14.3 Å². The summed E-state index contributed by atoms with van der Waals surface area (Å²) in [7, 11) is 0. The lowest BCUT2D eigenvalue weighted by Gasteiger charge is -2.09. The van der Waals surface area contributed by atoms with Crippen LogP contribution in [0.25, 0.3) is 0 Å². The van der Waals surface area contributed by atoms with Crippen molar-refractivity contribution in [2.24, 2.45) is 0 Å². The third-order valence-electron chi connectivity index (χ3n) is 3.63. The number of carbonyl (C=O) groups excluding carboxylic acids is 2. The van der Waals surface area contributed by atoms with Crippen molar-refractivity contribution in [3.63, 3.8) is 0 Å². The van der Waals surface area contributed by atoms with E-state index < -0.39 is 23.4 Å². The highest BCUT2D eigenvalue weighted by atomic mass is 35.5. The molecular weight excluding hydrogens is 376 g/mol. The number of rotatable bonds is 7. The second kappa shape index (κ2) is 9.00. The standard InChI is InChI=1S/C18H17ClN2O6/c1-11-3-5-14(7-12(11)2)26-10-18(23)27-9-17(22)20-16-8-13(21(24)25)4-6-15(16)19/h3-8H,9-10H2,1-2H3,(H,20,22). The summed E-state index contributed by atoms with van der Waals surface area (Å²) in [6.45, 7) is 2.95. The number of nitro groups is 1. The van der Waals surface area contributed by atoms with Gasteiger partial charge in [0, 0.05) is 12.1 Å². The third kappa shape index (κ3) is 5.96. The largest absolute Gasteiger partial charge is 0.482 e. The molecule has 1 amide bonds. The van der Waals surface area contributed by atoms with E-state index >= 15 is 0 Å². The Balaban J connectivity index is 1.82. The number of hydrogen-bond donors (Lipinski definition) is 1. The molecule has 0 radical (unpaired) electrons. The summed E-state index contributed by atoms with van der Waals surface area (Å²) in [4.78, 5) is 33.7. The summed E-state index contributed by atoms with van der Waals surface area (Å²) in [5.74, 6) is -0.895. The first kappa shape index (κ1) is 20.2. The summed E-state index contributed by atoms with van der Waals surface area (Å²) in [5, 5.41) is 13.2. The zero-order valence-corrected chi connectivity index (χ0v) is 15.4. The molecule has 0 unspecified atom stereocenters. The quantitative estimate of drug-likeness (QED) is 0.439. The average Bonchev–Trinajstić information content (AvgIpc) is 2.62. The van der Waals surface area contributed by atoms with Gasteiger partial charge in [0.1, 0.15) is 5.75 Å². The first-order valence-corrected chi connectivity index (χ1v) is 8.23. The number of nitro benzene ring substituents is 1. The number of nitrogens with one attached hydrogen (secondary N) is 1. The summed E-state index contributed by atoms with van der Waals surface area (Å²) in [5.41, 5.74) is 1.95. The molecular formula is C18H17ClN2O6. The Labute approximate surface area is 160 Å². The van der Waals surface area contributed by atoms with Crippen LogP contribution in [-0.4, -0.2) is 30.0 Å². The van der Waals surface area contributed by atoms with Crippen LogP contribution >= 0.6 is 11.6 Å². The van der Waals surface area contributed by atoms with Crippen molar-refractivity contribution in [1.82, 2.24) is 0 Å². The predicted molar refractivity (Wildman–Crippen MR) is 99.1 cm³/mol. The van der Waals surface area contributed by atoms with E-state index in [-0.39, 0.29) is 23.0 Å². The second-order valence-electron chi connectivity index (χ2n) is 5.66. The van der Waals surface area contributed by atoms with E-state index in [1.165, 1.54) is 12.1 Å². The molecule has 0 aromatic heterocycles. The average molecular weight is 393 g/mol. The van der Waals surface area contributed by atoms with Gasteiger partial charge in [-0.05, 0) is 43.2 Å². The van der Waals surface area contributed by atoms with Crippen molar-refractivity contribution in [2.75, 3.05) is 18.5 Å². The monoisotopic (exact) mass is 392 g/mol. The molecule has 27 heavy (non-hydrogen) atoms. The van der Waals surface area contributed by atoms with Gasteiger partial charge in [0.2, 0.25) is 0 Å². The van der Waals surface area contributed by atoms with Crippen LogP contribution in [0.15, 0.2) is 36.4 Å². The van der Waals surface area contributed by atoms with E-state index in [1.54, 1.807) is 12.1 Å². The van der Waals surface area contributed by atoms with Gasteiger partial charge < -0.3 is 14.8 Å². The second-order valence-corrected chi connectivity index (χ2v) is 6.07. The Bertz CT molecular complexity index is 884. The fraction of sp³-hybridized carbons (Fsp3) is 0.222. The summed E-state index contributed by atoms with van der Waals surface area (Å²) >= 11 is 5.88. The van der Waals surface area contributed by atoms with Crippen LogP contribution in [0.5, 0.6) is 5.75 Å². The Hall–Kier alpha value is -3.13. The van der Waals surface area contributed by atoms with Gasteiger partial charge in [0.05, 0.1) is 15.6 Å². The number of anilines is 1. The topological polar surface area (TPSA) is 108 Å². The highest BCUT2D eigenvalue weighted by Gasteiger charge is 2.14. The Kier molecular flexibility index (Phi) is 6.73. The smallest absolute Gasteiger partial charge is 0.344 e. The lowest BCUT2D eigenvalue weighted by Crippen LogP contribution is -2.23. The summed E-state index contributed by atoms with van der Waals surface area (Å²) in [6.07, 6.45) is 0. The molecule has 0 saturated heterocycles. The minimum absolute atomic E-state index is 0.0540. The number of amides is 1. The predicted octanol–water partition coefficient (Wildman–Crippen LogP) is 3.43. The van der Waals surface area contributed by atoms with Crippen molar-refractivity contribution < 1.29 is 24.0 Å². The van der Waals surface area contributed by atoms with Crippen molar-refractivity contribution >= 4 is 34.9 Å². The van der Waals surface area contributed by atoms with Gasteiger partial charge in [-0.15, -0.1) is 0 Å². The molecule has 2 aromatic rings. The first-order valence-electron chi connectivity index (χ1n) is 7.85. The van der Waals surface area contributed by atoms with Crippen LogP contribution in [0, 0.1) is 24.0 Å². The molecule has 9 heteroatoms. The SMILES string of the molecule is Cc1ccc(OCC(=O)OCC(=O)Nc2cc([N+](=O)[O-])ccc2Cl)cc1C. The fourth-order valence-corrected chi connectivity index (χ4v) is 2.21. The lowest BCUT2D eigenvalue weighted by atomic mass is 10.1. The van der Waals surface area contributed by atoms with Crippen LogP contribution in [0.3, 0.4) is 0 Å². The normalized spacial score (nSPS) is 10.2. The third-order valence-corrected chi connectivity index (χ3v) is 3.96. The number of esters is 1. The highest BCUT2D eigenvalue weighted by Crippen LogP contribution is 2.26. The van der Waals surface area contributed by atoms with Crippen molar-refractivity contribution in [3.8, 4) is 5.75 Å². The van der Waals surface area contributed by atoms with Gasteiger partial charge in [-0.2, -0.15) is 0 Å². The van der Waals surface area contributed by atoms with E-state index in [4.69, 9.17) is 21.1 Å². The summed E-state index contributed by atoms with van der Waals surface area (Å²) < 4.78 is 10.1. The molecule has 0 aliphatic carbocycles. The molecule has 0 bridgehead atoms. The molecule has 8 nitrogen and oxygen atoms in total. The van der Waals surface area contributed by atoms with Crippen molar-refractivity contribution in [2.45, 2.75) is 13.8 Å². The first-order chi connectivity index (χ1) is 12.8. The van der Waals surface area contributed by atoms with Crippen LogP contribution < -0.4 is 10.1 Å². The molecule has 0 aliphatic heterocycles. The summed E-state index contributed by atoms with van der Waals surface area (Å²) in [6, 6.07) is 9.00. The zero-order valence-electron chi connectivity index (χ0n) is 14.7. The number of carbonyl (C=O) groups is 2. The Morgan fingerprint density at radius 2 is 1.85 bits per heavy atom. The number of aryl methyl sites for hydroxylation is 2. The molecule has 2 rings (SSSR count). The van der Waals surface area contributed by atoms with E-state index in [0.29, 0.717) is 5.75 Å². The van der Waals surface area contributed by atoms with Crippen LogP contribution in [0.1, 0.15) is 11.1 Å². The minimum atomic E-state index is -0.728. The van der Waals surface area contributed by atoms with Crippen molar-refractivity contribution in [3.05, 3.63) is 62.7 Å². The molecule has 0 heterocycles. The van der Waals surface area contributed by atoms with E-state index in [9.17, 15) is 19.7 Å². The zero-order chi connectivity index (χ0) is 20.0. The molecule has 0 saturated carbocycles. The molecule has 0 fully saturated rings. The maximum Gasteiger partial charge on any atom is 0.344 e. The fourth-order valence-electron chi connectivity index (χ4n) is 2.04. The van der Waals surface area contributed by atoms with E-state index in [1.807, 2.05) is 19.9 Å². The van der Waals surface area contributed by atoms with Gasteiger partial charge >= 0.3 is 5.97 Å². The van der Waals surface area contributed by atoms with Gasteiger partial charge in [-0.1, -0.05) is 17.7 Å². The Morgan fingerprint density at radius 1 is 1.11 bits per heavy atom. The number of hydrogen-bond acceptors (Lipinski definition) is 6. The Morgan fingerprint density at radius 3 is 2.52 bits per heavy atom. The van der Waals surface area contributed by atoms with Gasteiger partial charge in [-0.25, -0.2) is 4.79 Å². The molecule has 1 N–H and O–H groups in total. The van der Waals surface area contributed by atoms with E-state index in [2.05, 4.69) is 5.32 Å². The van der Waals surface area contributed by atoms with Crippen LogP contribution in [0.4, 0.5) is 11.4 Å². The number of nitrogens with zero attached hydrogens (tertiary/aromatic N) is 1. The molecule has 2 aromatic carbocycles. The van der Waals surface area contributed by atoms with Gasteiger partial charge in [0.25, 0.3) is 11.6 Å². The molecule has 142 valence electrons. The highest BCUT2D eigenvalue weighted by molar-refractivity contribution is 6.33. The minimum Gasteiger partial charge on any atom is -0.482 e. The van der Waals surface area contributed by atoms with Gasteiger partial charge in [0.15, 0.2) is 13.2 Å². The number of benzene rings is 2. The molecule has 0 spiro atoms. The van der Waals surface area contributed by atoms with Gasteiger partial charge in [-0.3, -0.25) is 14.9 Å². The molecule has 0 aliphatic rings. The lowest BCUT2D eigenvalue weighted by molar-refractivity contribution is -0.384. The number of ether oxygens (including phenoxy) is 2. The maximum absolute atomic E-state index is 11.8.